The summed E-state index contributed by atoms with van der Waals surface area (Å²) in [6.45, 7) is 5.10. The number of hydrogen-bond donors (Lipinski definition) is 1. The topological polar surface area (TPSA) is 67.5 Å². The quantitative estimate of drug-likeness (QED) is 0.340. The van der Waals surface area contributed by atoms with Crippen molar-refractivity contribution in [3.8, 4) is 5.75 Å². The van der Waals surface area contributed by atoms with Gasteiger partial charge in [0.15, 0.2) is 0 Å². The van der Waals surface area contributed by atoms with E-state index in [0.29, 0.717) is 36.3 Å². The Kier molecular flexibility index (Phi) is 7.02. The molecule has 6 nitrogen and oxygen atoms in total. The van der Waals surface area contributed by atoms with Crippen molar-refractivity contribution in [2.75, 3.05) is 19.8 Å². The predicted molar refractivity (Wildman–Crippen MR) is 137 cm³/mol. The van der Waals surface area contributed by atoms with Gasteiger partial charge in [0.1, 0.15) is 11.4 Å². The minimum atomic E-state index is -0.0692. The van der Waals surface area contributed by atoms with Crippen molar-refractivity contribution in [2.24, 2.45) is 5.92 Å². The Labute approximate surface area is 209 Å². The van der Waals surface area contributed by atoms with Crippen molar-refractivity contribution in [2.45, 2.75) is 26.4 Å². The predicted octanol–water partition coefficient (Wildman–Crippen LogP) is 5.78. The van der Waals surface area contributed by atoms with Gasteiger partial charge in [-0.05, 0) is 66.4 Å². The number of pyridine rings is 1. The van der Waals surface area contributed by atoms with Crippen LogP contribution in [0.3, 0.4) is 0 Å². The molecule has 180 valence electrons. The summed E-state index contributed by atoms with van der Waals surface area (Å²) in [5.41, 5.74) is 4.35. The first kappa shape index (κ1) is 23.4. The minimum absolute atomic E-state index is 0.0692. The van der Waals surface area contributed by atoms with Gasteiger partial charge in [0.05, 0.1) is 13.2 Å². The minimum Gasteiger partial charge on any atom is -0.493 e. The standard InChI is InChI=1S/C28H28ClN3O3/c1-19-25-13-23(29)6-9-26(25)31-27(19)28(33)32(16-21-3-2-11-30-14-21)15-20-4-7-24(8-5-20)35-18-22-10-12-34-17-22/h2-9,11,13-14,22,31H,10,12,15-18H2,1H3/t22-/m1/s1. The number of fused-ring (bicyclic) bond motifs is 1. The molecule has 5 rings (SSSR count). The first-order valence-corrected chi connectivity index (χ1v) is 12.2. The number of aromatic nitrogens is 2. The van der Waals surface area contributed by atoms with Gasteiger partial charge in [-0.2, -0.15) is 0 Å². The number of carbonyl (C=O) groups excluding carboxylic acids is 1. The molecular formula is C28H28ClN3O3. The third kappa shape index (κ3) is 5.50. The highest BCUT2D eigenvalue weighted by atomic mass is 35.5. The summed E-state index contributed by atoms with van der Waals surface area (Å²) in [6, 6.07) is 17.5. The number of rotatable bonds is 8. The van der Waals surface area contributed by atoms with Gasteiger partial charge in [-0.3, -0.25) is 9.78 Å². The Bertz CT molecular complexity index is 1300. The maximum Gasteiger partial charge on any atom is 0.271 e. The molecule has 2 aromatic carbocycles. The lowest BCUT2D eigenvalue weighted by Gasteiger charge is -2.23. The zero-order chi connectivity index (χ0) is 24.2. The first-order chi connectivity index (χ1) is 17.1. The molecule has 0 saturated carbocycles. The van der Waals surface area contributed by atoms with Gasteiger partial charge in [-0.1, -0.05) is 29.8 Å². The summed E-state index contributed by atoms with van der Waals surface area (Å²) >= 11 is 6.20. The molecule has 0 aliphatic carbocycles. The van der Waals surface area contributed by atoms with Crippen LogP contribution in [0.1, 0.15) is 33.6 Å². The van der Waals surface area contributed by atoms with Gasteiger partial charge in [0.2, 0.25) is 0 Å². The van der Waals surface area contributed by atoms with E-state index < -0.39 is 0 Å². The van der Waals surface area contributed by atoms with Crippen LogP contribution in [-0.4, -0.2) is 40.6 Å². The van der Waals surface area contributed by atoms with Crippen LogP contribution in [-0.2, 0) is 17.8 Å². The van der Waals surface area contributed by atoms with E-state index in [1.807, 2.05) is 66.4 Å². The second-order valence-electron chi connectivity index (χ2n) is 9.02. The first-order valence-electron chi connectivity index (χ1n) is 11.8. The molecule has 0 radical (unpaired) electrons. The number of ether oxygens (including phenoxy) is 2. The number of nitrogens with one attached hydrogen (secondary N) is 1. The molecule has 1 amide bonds. The second-order valence-corrected chi connectivity index (χ2v) is 9.46. The number of aryl methyl sites for hydroxylation is 1. The molecular weight excluding hydrogens is 462 g/mol. The highest BCUT2D eigenvalue weighted by molar-refractivity contribution is 6.31. The molecule has 1 N–H and O–H groups in total. The Hall–Kier alpha value is -3.35. The highest BCUT2D eigenvalue weighted by Crippen LogP contribution is 2.27. The molecule has 1 atom stereocenters. The van der Waals surface area contributed by atoms with E-state index in [1.54, 1.807) is 12.4 Å². The lowest BCUT2D eigenvalue weighted by molar-refractivity contribution is 0.0724. The van der Waals surface area contributed by atoms with Crippen molar-refractivity contribution < 1.29 is 14.3 Å². The van der Waals surface area contributed by atoms with Crippen molar-refractivity contribution in [3.63, 3.8) is 0 Å². The van der Waals surface area contributed by atoms with Crippen LogP contribution in [0.4, 0.5) is 0 Å². The third-order valence-electron chi connectivity index (χ3n) is 6.42. The van der Waals surface area contributed by atoms with Crippen LogP contribution >= 0.6 is 11.6 Å². The summed E-state index contributed by atoms with van der Waals surface area (Å²) in [4.78, 5) is 23.1. The number of halogens is 1. The molecule has 1 fully saturated rings. The van der Waals surface area contributed by atoms with E-state index in [1.165, 1.54) is 0 Å². The monoisotopic (exact) mass is 489 g/mol. The number of aromatic amines is 1. The Morgan fingerprint density at radius 1 is 1.17 bits per heavy atom. The maximum absolute atomic E-state index is 13.8. The Balaban J connectivity index is 1.36. The molecule has 1 aliphatic rings. The Morgan fingerprint density at radius 2 is 2.00 bits per heavy atom. The lowest BCUT2D eigenvalue weighted by Crippen LogP contribution is -2.31. The largest absolute Gasteiger partial charge is 0.493 e. The number of H-pyrrole nitrogens is 1. The van der Waals surface area contributed by atoms with Gasteiger partial charge < -0.3 is 19.4 Å². The van der Waals surface area contributed by atoms with Crippen molar-refractivity contribution in [1.82, 2.24) is 14.9 Å². The third-order valence-corrected chi connectivity index (χ3v) is 6.66. The second kappa shape index (κ2) is 10.5. The smallest absolute Gasteiger partial charge is 0.271 e. The molecule has 0 unspecified atom stereocenters. The molecule has 4 aromatic rings. The number of carbonyl (C=O) groups is 1. The van der Waals surface area contributed by atoms with Crippen LogP contribution in [0.25, 0.3) is 10.9 Å². The molecule has 2 aromatic heterocycles. The zero-order valence-electron chi connectivity index (χ0n) is 19.7. The summed E-state index contributed by atoms with van der Waals surface area (Å²) in [5.74, 6) is 1.21. The van der Waals surface area contributed by atoms with E-state index in [9.17, 15) is 4.79 Å². The molecule has 3 heterocycles. The van der Waals surface area contributed by atoms with E-state index in [2.05, 4.69) is 9.97 Å². The van der Waals surface area contributed by atoms with Crippen LogP contribution in [0.15, 0.2) is 67.0 Å². The van der Waals surface area contributed by atoms with Gasteiger partial charge in [0.25, 0.3) is 5.91 Å². The van der Waals surface area contributed by atoms with E-state index >= 15 is 0 Å². The highest BCUT2D eigenvalue weighted by Gasteiger charge is 2.22. The van der Waals surface area contributed by atoms with Crippen LogP contribution in [0.5, 0.6) is 5.75 Å². The van der Waals surface area contributed by atoms with Crippen molar-refractivity contribution in [1.29, 1.82) is 0 Å². The molecule has 0 bridgehead atoms. The summed E-state index contributed by atoms with van der Waals surface area (Å²) in [7, 11) is 0. The molecule has 7 heteroatoms. The number of benzene rings is 2. The van der Waals surface area contributed by atoms with Gasteiger partial charge >= 0.3 is 0 Å². The molecule has 0 spiro atoms. The SMILES string of the molecule is Cc1c(C(=O)N(Cc2ccc(OC[C@@H]3CCOC3)cc2)Cc2cccnc2)[nH]c2ccc(Cl)cc12. The van der Waals surface area contributed by atoms with E-state index in [0.717, 1.165) is 53.0 Å². The lowest BCUT2D eigenvalue weighted by atomic mass is 10.1. The molecule has 35 heavy (non-hydrogen) atoms. The van der Waals surface area contributed by atoms with Gasteiger partial charge in [-0.25, -0.2) is 0 Å². The molecule has 1 saturated heterocycles. The number of amides is 1. The summed E-state index contributed by atoms with van der Waals surface area (Å²) < 4.78 is 11.4. The number of nitrogens with zero attached hydrogens (tertiary/aromatic N) is 2. The van der Waals surface area contributed by atoms with Crippen LogP contribution < -0.4 is 4.74 Å². The normalized spacial score (nSPS) is 15.4. The van der Waals surface area contributed by atoms with Crippen LogP contribution in [0.2, 0.25) is 5.02 Å². The average molecular weight is 490 g/mol. The van der Waals surface area contributed by atoms with Crippen LogP contribution in [0, 0.1) is 12.8 Å². The fourth-order valence-corrected chi connectivity index (χ4v) is 4.59. The molecule has 1 aliphatic heterocycles. The van der Waals surface area contributed by atoms with E-state index in [-0.39, 0.29) is 5.91 Å². The van der Waals surface area contributed by atoms with E-state index in [4.69, 9.17) is 21.1 Å². The van der Waals surface area contributed by atoms with Gasteiger partial charge in [0, 0.05) is 53.9 Å². The van der Waals surface area contributed by atoms with Crippen molar-refractivity contribution in [3.05, 3.63) is 94.4 Å². The van der Waals surface area contributed by atoms with Crippen molar-refractivity contribution >= 4 is 28.4 Å². The average Bonchev–Trinajstić information content (AvgIpc) is 3.51. The zero-order valence-corrected chi connectivity index (χ0v) is 20.4. The fraction of sp³-hybridized carbons (Fsp3) is 0.286. The summed E-state index contributed by atoms with van der Waals surface area (Å²) in [5, 5.41) is 1.60. The summed E-state index contributed by atoms with van der Waals surface area (Å²) in [6.07, 6.45) is 4.57. The maximum atomic E-state index is 13.8. The fourth-order valence-electron chi connectivity index (χ4n) is 4.42. The van der Waals surface area contributed by atoms with Gasteiger partial charge in [-0.15, -0.1) is 0 Å². The Morgan fingerprint density at radius 3 is 2.74 bits per heavy atom. The number of hydrogen-bond acceptors (Lipinski definition) is 4.